The van der Waals surface area contributed by atoms with Gasteiger partial charge in [-0.3, -0.25) is 25.3 Å². The second-order valence-corrected chi connectivity index (χ2v) is 37.0. The predicted octanol–water partition coefficient (Wildman–Crippen LogP) is 22.2. The number of pyridine rings is 5. The summed E-state index contributed by atoms with van der Waals surface area (Å²) in [6.07, 6.45) is 14.5. The van der Waals surface area contributed by atoms with Gasteiger partial charge in [0, 0.05) is 72.4 Å². The quantitative estimate of drug-likeness (QED) is 0.0756. The molecule has 25 rings (SSSR count). The Hall–Kier alpha value is -15.7. The number of aliphatic imine (C=N–C) groups is 4. The van der Waals surface area contributed by atoms with Crippen LogP contribution in [-0.2, 0) is 10.9 Å². The number of hydrogen-bond acceptors (Lipinski definition) is 27. The molecule has 0 spiro atoms. The standard InChI is InChI=1S/C21H17N5OS.C20H13F3N6S.C20H14FN5S.C19H13ClN6S.C18H18N6OS/c1-13-18(16-8-5-6-10-26(16)25-13)21-24-19(14-7-3-4-9-17(14)27-2)20(28-21)15-11-22-12-23-15;1-11-15(14-8-4-5-9-29(14)28-11)19-26-16(17(30-19)18-24-10-25-27-18)12-6-2-3-7-13(12)20(21,22)23;1-12-17(16-8-4-5-9-26(16)25-12)20-24-18(13-6-2-3-7-14(13)21)19(27-20)15-10-22-11-23-15;1-11-15(14-8-4-5-9-26(14)25-11)19-23-16(12-6-2-3-7-13(12)20)17(27-19)18-21-10-22-24-18;1-11-14(13-4-2-3-7-24(13)23-11)18-21-15(12-5-8-25-9-6-12)16(26-18)17-19-10-20-22-17/h3-10,12H,11H2,1-2H3;2-10H,1H3,(H,24,25,27);2-9,11H,10H2,1H3;2-10H,1H3,(H,21,22,24);2-4,7,10,12H,5-6,8-9H2,1H3,(H,19,20,22). The summed E-state index contributed by atoms with van der Waals surface area (Å²) in [6, 6.07) is 57.4. The van der Waals surface area contributed by atoms with Gasteiger partial charge in [0.05, 0.1) is 179 Å². The van der Waals surface area contributed by atoms with Gasteiger partial charge in [-0.1, -0.05) is 103 Å². The van der Waals surface area contributed by atoms with Gasteiger partial charge in [-0.25, -0.2) is 76.8 Å². The van der Waals surface area contributed by atoms with Crippen molar-refractivity contribution in [1.29, 1.82) is 0 Å². The van der Waals surface area contributed by atoms with E-state index in [9.17, 15) is 17.6 Å². The molecule has 1 saturated heterocycles. The lowest BCUT2D eigenvalue weighted by Gasteiger charge is -2.21. The highest BCUT2D eigenvalue weighted by atomic mass is 35.5. The molecule has 0 aliphatic carbocycles. The van der Waals surface area contributed by atoms with Crippen molar-refractivity contribution in [3.63, 3.8) is 0 Å². The third-order valence-corrected chi connectivity index (χ3v) is 28.8. The van der Waals surface area contributed by atoms with Gasteiger partial charge < -0.3 is 9.47 Å². The maximum absolute atomic E-state index is 14.5. The average Bonchev–Trinajstić information content (AvgIpc) is 1.56. The average molecular weight is 1950 g/mol. The van der Waals surface area contributed by atoms with Crippen LogP contribution in [0.25, 0.3) is 158 Å². The number of aromatic nitrogens is 24. The van der Waals surface area contributed by atoms with Crippen LogP contribution in [0, 0.1) is 40.4 Å². The van der Waals surface area contributed by atoms with Crippen molar-refractivity contribution in [2.45, 2.75) is 59.6 Å². The Morgan fingerprint density at radius 2 is 0.732 bits per heavy atom. The monoisotopic (exact) mass is 1950 g/mol. The van der Waals surface area contributed by atoms with Crippen molar-refractivity contribution < 1.29 is 27.0 Å². The predicted molar refractivity (Wildman–Crippen MR) is 532 cm³/mol. The molecule has 3 aliphatic rings. The number of benzene rings is 4. The maximum Gasteiger partial charge on any atom is 0.417 e. The van der Waals surface area contributed by atoms with E-state index in [-0.39, 0.29) is 17.1 Å². The number of hydrogen-bond donors (Lipinski definition) is 3. The molecule has 1 fully saturated rings. The van der Waals surface area contributed by atoms with Crippen molar-refractivity contribution in [3.05, 3.63) is 298 Å². The normalized spacial score (nSPS) is 13.1. The van der Waals surface area contributed by atoms with Gasteiger partial charge in [-0.2, -0.15) is 54.0 Å². The number of aryl methyl sites for hydroxylation is 5. The van der Waals surface area contributed by atoms with Crippen LogP contribution in [0.1, 0.15) is 68.2 Å². The zero-order valence-corrected chi connectivity index (χ0v) is 78.8. The first-order chi connectivity index (χ1) is 67.4. The topological polar surface area (TPSA) is 344 Å². The minimum atomic E-state index is -4.51. The Labute approximate surface area is 806 Å². The molecule has 40 heteroatoms. The smallest absolute Gasteiger partial charge is 0.417 e. The number of nitrogens with zero attached hydrogens (tertiary/aromatic N) is 25. The van der Waals surface area contributed by atoms with E-state index in [1.54, 1.807) is 82.8 Å². The van der Waals surface area contributed by atoms with Crippen LogP contribution >= 0.6 is 68.3 Å². The molecule has 4 aromatic carbocycles. The molecule has 0 bridgehead atoms. The van der Waals surface area contributed by atoms with Crippen molar-refractivity contribution in [2.75, 3.05) is 33.4 Å². The summed E-state index contributed by atoms with van der Waals surface area (Å²) < 4.78 is 75.9. The highest BCUT2D eigenvalue weighted by Gasteiger charge is 2.37. The highest BCUT2D eigenvalue weighted by molar-refractivity contribution is 7.20. The number of H-pyrrole nitrogens is 3. The van der Waals surface area contributed by atoms with Gasteiger partial charge in [0.15, 0.2) is 17.5 Å². The van der Waals surface area contributed by atoms with Crippen molar-refractivity contribution in [2.24, 2.45) is 20.0 Å². The van der Waals surface area contributed by atoms with E-state index < -0.39 is 11.7 Å². The fourth-order valence-corrected chi connectivity index (χ4v) is 22.8. The number of ether oxygens (including phenoxy) is 2. The number of rotatable bonds is 16. The SMILES string of the molecule is COc1ccccc1-c1nc(-c2c(C)nn3ccccc23)sc1C1=NC=NC1.Cc1nn2ccccc2c1-c1nc(-c2ccccc2C(F)(F)F)c(-c2ncn[nH]2)s1.Cc1nn2ccccc2c1-c1nc(-c2ccccc2Cl)c(-c2ncn[nH]2)s1.Cc1nn2ccccc2c1-c1nc(-c2ccccc2F)c(C2=NC=NC2)s1.Cc1nn2ccccc2c1-c1nc(C2CCOCC2)c(-c2ncn[nH]2)s1. The summed E-state index contributed by atoms with van der Waals surface area (Å²) in [4.78, 5) is 58.9. The Balaban J connectivity index is 0.000000103. The van der Waals surface area contributed by atoms with Gasteiger partial charge in [0.2, 0.25) is 0 Å². The molecule has 0 saturated carbocycles. The van der Waals surface area contributed by atoms with Gasteiger partial charge in [-0.05, 0) is 145 Å². The number of para-hydroxylation sites is 1. The molecule has 0 atom stereocenters. The number of alkyl halides is 3. The molecular weight excluding hydrogens is 1870 g/mol. The first-order valence-corrected chi connectivity index (χ1v) is 47.7. The van der Waals surface area contributed by atoms with E-state index in [2.05, 4.69) is 108 Å². The summed E-state index contributed by atoms with van der Waals surface area (Å²) in [5.74, 6) is 2.69. The fraction of sp³-hybridized carbons (Fsp3) is 0.143. The summed E-state index contributed by atoms with van der Waals surface area (Å²) >= 11 is 14.0. The maximum atomic E-state index is 14.5. The zero-order valence-electron chi connectivity index (χ0n) is 73.9. The Morgan fingerprint density at radius 3 is 1.12 bits per heavy atom. The number of halogens is 5. The summed E-state index contributed by atoms with van der Waals surface area (Å²) in [5, 5.41) is 48.3. The molecule has 0 amide bonds. The van der Waals surface area contributed by atoms with Gasteiger partial charge in [0.1, 0.15) is 68.3 Å². The number of methoxy groups -OCH3 is 1. The van der Waals surface area contributed by atoms with Crippen LogP contribution < -0.4 is 4.74 Å². The number of fused-ring (bicyclic) bond motifs is 5. The molecule has 684 valence electrons. The van der Waals surface area contributed by atoms with Crippen molar-refractivity contribution >= 4 is 120 Å². The fourth-order valence-electron chi connectivity index (χ4n) is 16.8. The zero-order chi connectivity index (χ0) is 94.2. The summed E-state index contributed by atoms with van der Waals surface area (Å²) in [6.45, 7) is 12.5. The Bertz CT molecular complexity index is 8390. The second kappa shape index (κ2) is 38.3. The van der Waals surface area contributed by atoms with Gasteiger partial charge >= 0.3 is 6.18 Å². The minimum Gasteiger partial charge on any atom is -0.496 e. The molecule has 3 N–H and O–H groups in total. The largest absolute Gasteiger partial charge is 0.496 e. The summed E-state index contributed by atoms with van der Waals surface area (Å²) in [7, 11) is 1.68. The number of thiazole rings is 5. The molecule has 0 radical (unpaired) electrons. The van der Waals surface area contributed by atoms with Gasteiger partial charge in [0.25, 0.3) is 0 Å². The van der Waals surface area contributed by atoms with Crippen LogP contribution in [0.4, 0.5) is 17.6 Å². The van der Waals surface area contributed by atoms with E-state index in [0.29, 0.717) is 56.8 Å². The molecule has 30 nitrogen and oxygen atoms in total. The third-order valence-electron chi connectivity index (χ3n) is 23.0. The molecule has 3 aliphatic heterocycles. The van der Waals surface area contributed by atoms with Crippen LogP contribution in [0.3, 0.4) is 0 Å². The highest BCUT2D eigenvalue weighted by Crippen LogP contribution is 2.50. The van der Waals surface area contributed by atoms with Crippen LogP contribution in [-0.4, -0.2) is 176 Å². The van der Waals surface area contributed by atoms with E-state index in [4.69, 9.17) is 41.0 Å². The first kappa shape index (κ1) is 88.9. The first-order valence-electron chi connectivity index (χ1n) is 43.3. The van der Waals surface area contributed by atoms with Crippen LogP contribution in [0.2, 0.25) is 5.02 Å². The lowest BCUT2D eigenvalue weighted by Crippen LogP contribution is -2.15. The van der Waals surface area contributed by atoms with E-state index in [1.807, 2.05) is 217 Å². The summed E-state index contributed by atoms with van der Waals surface area (Å²) in [5.41, 5.74) is 21.1. The van der Waals surface area contributed by atoms with Crippen LogP contribution in [0.15, 0.2) is 258 Å². The van der Waals surface area contributed by atoms with E-state index in [1.165, 1.54) is 53.5 Å². The van der Waals surface area contributed by atoms with E-state index >= 15 is 0 Å². The van der Waals surface area contributed by atoms with Crippen LogP contribution in [0.5, 0.6) is 5.75 Å². The molecule has 18 aromatic heterocycles. The molecule has 138 heavy (non-hydrogen) atoms. The molecule has 0 unspecified atom stereocenters. The van der Waals surface area contributed by atoms with E-state index in [0.717, 1.165) is 207 Å². The van der Waals surface area contributed by atoms with Gasteiger partial charge in [-0.15, -0.1) is 56.7 Å². The van der Waals surface area contributed by atoms with Crippen molar-refractivity contribution in [3.8, 4) is 136 Å². The lowest BCUT2D eigenvalue weighted by molar-refractivity contribution is -0.137. The minimum absolute atomic E-state index is 0.00646. The number of aromatic amines is 3. The second-order valence-electron chi connectivity index (χ2n) is 31.6. The Morgan fingerprint density at radius 1 is 0.391 bits per heavy atom. The lowest BCUT2D eigenvalue weighted by atomic mass is 9.95. The third kappa shape index (κ3) is 17.3. The number of nitrogens with one attached hydrogen (secondary N) is 3. The molecule has 21 heterocycles. The molecular formula is C98H75ClF4N28O2S5. The van der Waals surface area contributed by atoms with Crippen molar-refractivity contribution in [1.82, 2.24) is 119 Å². The molecule has 22 aromatic rings. The Kier molecular flexibility index (Phi) is 24.6.